The first kappa shape index (κ1) is 27.0. The molecule has 4 atom stereocenters. The summed E-state index contributed by atoms with van der Waals surface area (Å²) in [5, 5.41) is 47.3. The largest absolute Gasteiger partial charge is 0.394 e. The molecule has 4 rings (SSSR count). The molecule has 2 aliphatic heterocycles. The number of ether oxygens (including phenoxy) is 2. The topological polar surface area (TPSA) is 147 Å². The van der Waals surface area contributed by atoms with Crippen LogP contribution >= 0.6 is 0 Å². The molecule has 2 aromatic rings. The van der Waals surface area contributed by atoms with E-state index in [0.29, 0.717) is 5.57 Å². The summed E-state index contributed by atoms with van der Waals surface area (Å²) in [5.74, 6) is -0.665. The maximum atomic E-state index is 12.9. The zero-order valence-electron chi connectivity index (χ0n) is 20.9. The van der Waals surface area contributed by atoms with Crippen molar-refractivity contribution in [1.29, 1.82) is 5.26 Å². The van der Waals surface area contributed by atoms with Crippen LogP contribution in [0.1, 0.15) is 12.5 Å². The van der Waals surface area contributed by atoms with Gasteiger partial charge in [-0.2, -0.15) is 5.26 Å². The Morgan fingerprint density at radius 1 is 1.14 bits per heavy atom. The minimum atomic E-state index is -1.35. The third kappa shape index (κ3) is 6.45. The number of nitriles is 1. The van der Waals surface area contributed by atoms with Gasteiger partial charge in [-0.05, 0) is 47.0 Å². The molecular weight excluding hydrogens is 476 g/mol. The van der Waals surface area contributed by atoms with Crippen LogP contribution < -0.4 is 10.6 Å². The second-order valence-electron chi connectivity index (χ2n) is 9.38. The summed E-state index contributed by atoms with van der Waals surface area (Å²) in [6.07, 6.45) is -3.60. The quantitative estimate of drug-likeness (QED) is 0.253. The van der Waals surface area contributed by atoms with Gasteiger partial charge in [0, 0.05) is 31.9 Å². The number of anilines is 1. The summed E-state index contributed by atoms with van der Waals surface area (Å²) in [6.45, 7) is 6.43. The normalized spacial score (nSPS) is 25.3. The van der Waals surface area contributed by atoms with E-state index >= 15 is 0 Å². The van der Waals surface area contributed by atoms with E-state index in [-0.39, 0.29) is 12.2 Å². The Hall–Kier alpha value is -3.04. The summed E-state index contributed by atoms with van der Waals surface area (Å²) in [7, 11) is 0. The molecule has 10 heteroatoms. The van der Waals surface area contributed by atoms with Gasteiger partial charge in [-0.3, -0.25) is 9.69 Å². The molecule has 0 aromatic heterocycles. The van der Waals surface area contributed by atoms with E-state index in [2.05, 4.69) is 21.6 Å². The van der Waals surface area contributed by atoms with Gasteiger partial charge in [0.2, 0.25) is 0 Å². The predicted octanol–water partition coefficient (Wildman–Crippen LogP) is 0.479. The van der Waals surface area contributed by atoms with E-state index in [1.54, 1.807) is 6.92 Å². The van der Waals surface area contributed by atoms with E-state index in [0.717, 1.165) is 61.4 Å². The Labute approximate surface area is 216 Å². The molecule has 2 aliphatic rings. The molecule has 2 heterocycles. The molecular formula is C27H34N4O6. The van der Waals surface area contributed by atoms with Crippen LogP contribution in [0, 0.1) is 11.3 Å². The van der Waals surface area contributed by atoms with Crippen LogP contribution in [0.15, 0.2) is 42.0 Å². The van der Waals surface area contributed by atoms with Crippen molar-refractivity contribution in [2.24, 2.45) is 0 Å². The van der Waals surface area contributed by atoms with E-state index in [1.165, 1.54) is 0 Å². The molecule has 0 radical (unpaired) electrons. The van der Waals surface area contributed by atoms with Gasteiger partial charge in [0.25, 0.3) is 5.91 Å². The lowest BCUT2D eigenvalue weighted by molar-refractivity contribution is -0.163. The Bertz CT molecular complexity index is 1170. The van der Waals surface area contributed by atoms with Crippen LogP contribution in [0.25, 0.3) is 16.3 Å². The van der Waals surface area contributed by atoms with Gasteiger partial charge in [0.1, 0.15) is 30.0 Å². The number of carbonyl (C=O) groups is 1. The summed E-state index contributed by atoms with van der Waals surface area (Å²) < 4.78 is 10.7. The highest BCUT2D eigenvalue weighted by atomic mass is 16.5. The third-order valence-corrected chi connectivity index (χ3v) is 6.98. The number of benzene rings is 2. The molecule has 10 nitrogen and oxygen atoms in total. The fourth-order valence-corrected chi connectivity index (χ4v) is 4.63. The second kappa shape index (κ2) is 12.5. The van der Waals surface area contributed by atoms with Crippen molar-refractivity contribution in [2.45, 2.75) is 31.3 Å². The highest BCUT2D eigenvalue weighted by Gasteiger charge is 2.39. The number of aliphatic hydroxyl groups is 3. The van der Waals surface area contributed by atoms with Gasteiger partial charge in [-0.25, -0.2) is 0 Å². The molecule has 2 aromatic carbocycles. The number of allylic oxidation sites excluding steroid dienone is 1. The predicted molar refractivity (Wildman–Crippen MR) is 139 cm³/mol. The fraction of sp³-hybridized carbons (Fsp3) is 0.481. The second-order valence-corrected chi connectivity index (χ2v) is 9.38. The molecule has 2 saturated heterocycles. The molecule has 1 amide bonds. The fourth-order valence-electron chi connectivity index (χ4n) is 4.63. The summed E-state index contributed by atoms with van der Waals surface area (Å²) >= 11 is 0. The first-order valence-corrected chi connectivity index (χ1v) is 12.5. The Balaban J connectivity index is 1.43. The molecule has 0 saturated carbocycles. The van der Waals surface area contributed by atoms with Crippen molar-refractivity contribution >= 4 is 27.9 Å². The number of nitrogens with one attached hydrogen (secondary N) is 2. The lowest BCUT2D eigenvalue weighted by Gasteiger charge is -2.37. The van der Waals surface area contributed by atoms with Crippen LogP contribution in [0.3, 0.4) is 0 Å². The van der Waals surface area contributed by atoms with E-state index in [9.17, 15) is 25.4 Å². The number of hydrogen-bond donors (Lipinski definition) is 5. The molecule has 0 aliphatic carbocycles. The van der Waals surface area contributed by atoms with Crippen molar-refractivity contribution < 1.29 is 29.6 Å². The molecule has 0 spiro atoms. The van der Waals surface area contributed by atoms with Gasteiger partial charge in [-0.1, -0.05) is 18.2 Å². The minimum absolute atomic E-state index is 0.0910. The molecule has 2 fully saturated rings. The maximum Gasteiger partial charge on any atom is 0.262 e. The number of hydrogen-bond acceptors (Lipinski definition) is 9. The first-order valence-electron chi connectivity index (χ1n) is 12.5. The zero-order chi connectivity index (χ0) is 26.4. The maximum absolute atomic E-state index is 12.9. The Morgan fingerprint density at radius 3 is 2.59 bits per heavy atom. The number of morpholine rings is 1. The molecule has 37 heavy (non-hydrogen) atoms. The third-order valence-electron chi connectivity index (χ3n) is 6.98. The Morgan fingerprint density at radius 2 is 1.86 bits per heavy atom. The number of nitrogens with zero attached hydrogens (tertiary/aromatic N) is 2. The van der Waals surface area contributed by atoms with Crippen LogP contribution in [0.5, 0.6) is 0 Å². The van der Waals surface area contributed by atoms with Gasteiger partial charge >= 0.3 is 0 Å². The van der Waals surface area contributed by atoms with Gasteiger partial charge < -0.3 is 35.4 Å². The van der Waals surface area contributed by atoms with Gasteiger partial charge in [-0.15, -0.1) is 0 Å². The van der Waals surface area contributed by atoms with Gasteiger partial charge in [0.15, 0.2) is 0 Å². The van der Waals surface area contributed by atoms with Crippen LogP contribution in [0.4, 0.5) is 5.69 Å². The standard InChI is InChI=1S/C27H34N4O6/c1-17(22(14-28)27(35)30-23-16-37-24(15-32)26(34)25(23)33)18-2-3-20-13-21(5-4-19(20)12-18)29-6-7-31-8-10-36-11-9-31/h2-5,12-13,23-26,29,32-34H,6-11,15-16H2,1H3,(H,30,35)/b22-17+/t23-,24+,25+,26+/m0/s1. The van der Waals surface area contributed by atoms with Crippen LogP contribution in [-0.2, 0) is 14.3 Å². The molecule has 5 N–H and O–H groups in total. The lowest BCUT2D eigenvalue weighted by atomic mass is 9.96. The number of rotatable bonds is 8. The van der Waals surface area contributed by atoms with Crippen molar-refractivity contribution in [3.63, 3.8) is 0 Å². The highest BCUT2D eigenvalue weighted by Crippen LogP contribution is 2.26. The number of amides is 1. The smallest absolute Gasteiger partial charge is 0.262 e. The van der Waals surface area contributed by atoms with E-state index in [1.807, 2.05) is 36.4 Å². The first-order chi connectivity index (χ1) is 17.9. The average Bonchev–Trinajstić information content (AvgIpc) is 2.92. The molecule has 0 unspecified atom stereocenters. The summed E-state index contributed by atoms with van der Waals surface area (Å²) in [5.41, 5.74) is 2.16. The number of carbonyl (C=O) groups excluding carboxylic acids is 1. The monoisotopic (exact) mass is 510 g/mol. The van der Waals surface area contributed by atoms with E-state index in [4.69, 9.17) is 9.47 Å². The van der Waals surface area contributed by atoms with Crippen molar-refractivity contribution in [2.75, 3.05) is 57.9 Å². The number of fused-ring (bicyclic) bond motifs is 1. The zero-order valence-corrected chi connectivity index (χ0v) is 20.9. The van der Waals surface area contributed by atoms with Crippen LogP contribution in [-0.4, -0.2) is 103 Å². The summed E-state index contributed by atoms with van der Waals surface area (Å²) in [4.78, 5) is 15.2. The van der Waals surface area contributed by atoms with Crippen LogP contribution in [0.2, 0.25) is 0 Å². The SMILES string of the molecule is C/C(=C(/C#N)C(=O)N[C@H]1CO[C@H](CO)[C@@H](O)[C@@H]1O)c1ccc2cc(NCCN3CCOCC3)ccc2c1. The van der Waals surface area contributed by atoms with E-state index < -0.39 is 36.9 Å². The van der Waals surface area contributed by atoms with Gasteiger partial charge in [0.05, 0.1) is 32.5 Å². The number of aliphatic hydroxyl groups excluding tert-OH is 3. The van der Waals surface area contributed by atoms with Crippen molar-refractivity contribution in [1.82, 2.24) is 10.2 Å². The van der Waals surface area contributed by atoms with Crippen molar-refractivity contribution in [3.8, 4) is 6.07 Å². The minimum Gasteiger partial charge on any atom is -0.394 e. The lowest BCUT2D eigenvalue weighted by Crippen LogP contribution is -2.60. The molecule has 0 bridgehead atoms. The summed E-state index contributed by atoms with van der Waals surface area (Å²) in [6, 6.07) is 12.9. The van der Waals surface area contributed by atoms with Crippen molar-refractivity contribution in [3.05, 3.63) is 47.5 Å². The molecule has 198 valence electrons. The highest BCUT2D eigenvalue weighted by molar-refractivity contribution is 6.05. The Kier molecular flexibility index (Phi) is 9.10. The average molecular weight is 511 g/mol.